The van der Waals surface area contributed by atoms with Crippen molar-refractivity contribution in [1.82, 2.24) is 29.8 Å². The van der Waals surface area contributed by atoms with Crippen LogP contribution in [-0.4, -0.2) is 62.0 Å². The van der Waals surface area contributed by atoms with E-state index in [1.54, 1.807) is 23.4 Å². The van der Waals surface area contributed by atoms with Crippen LogP contribution in [0, 0.1) is 29.5 Å². The monoisotopic (exact) mass is 577 g/mol. The SMILES string of the molecule is CC(C)c1noc(N2CCC([C@H]3C[C@H]3CCOc3ccc(CC(=O)N4Cc5nncn5C(C5CC5)C4)c(F)c3)CC2)n1. The van der Waals surface area contributed by atoms with Crippen LogP contribution in [0.4, 0.5) is 10.4 Å². The highest BCUT2D eigenvalue weighted by molar-refractivity contribution is 5.79. The Morgan fingerprint density at radius 1 is 1.17 bits per heavy atom. The Hall–Kier alpha value is -3.50. The molecule has 0 radical (unpaired) electrons. The molecule has 2 aliphatic carbocycles. The fourth-order valence-electron chi connectivity index (χ4n) is 6.91. The number of fused-ring (bicyclic) bond motifs is 1. The minimum absolute atomic E-state index is 0.0333. The second kappa shape index (κ2) is 11.3. The molecule has 2 aliphatic heterocycles. The van der Waals surface area contributed by atoms with Crippen molar-refractivity contribution >= 4 is 11.9 Å². The number of halogens is 1. The van der Waals surface area contributed by atoms with Gasteiger partial charge >= 0.3 is 6.01 Å². The van der Waals surface area contributed by atoms with Crippen molar-refractivity contribution in [1.29, 1.82) is 0 Å². The summed E-state index contributed by atoms with van der Waals surface area (Å²) in [6.07, 6.45) is 8.66. The summed E-state index contributed by atoms with van der Waals surface area (Å²) in [7, 11) is 0. The van der Waals surface area contributed by atoms with Crippen LogP contribution in [0.25, 0.3) is 0 Å². The van der Waals surface area contributed by atoms with Crippen LogP contribution in [0.3, 0.4) is 0 Å². The van der Waals surface area contributed by atoms with Crippen LogP contribution in [0.15, 0.2) is 29.0 Å². The van der Waals surface area contributed by atoms with Crippen molar-refractivity contribution in [2.45, 2.75) is 77.3 Å². The number of carbonyl (C=O) groups excluding carboxylic acids is 1. The first-order valence-corrected chi connectivity index (χ1v) is 15.6. The number of carbonyl (C=O) groups is 1. The molecule has 1 amide bonds. The zero-order valence-electron chi connectivity index (χ0n) is 24.5. The third kappa shape index (κ3) is 5.74. The highest BCUT2D eigenvalue weighted by atomic mass is 19.1. The van der Waals surface area contributed by atoms with Gasteiger partial charge in [-0.3, -0.25) is 4.79 Å². The molecule has 1 saturated heterocycles. The lowest BCUT2D eigenvalue weighted by Gasteiger charge is -2.33. The second-order valence-electron chi connectivity index (χ2n) is 13.0. The molecule has 0 spiro atoms. The Labute approximate surface area is 245 Å². The summed E-state index contributed by atoms with van der Waals surface area (Å²) in [5.41, 5.74) is 0.400. The highest BCUT2D eigenvalue weighted by Gasteiger charge is 2.43. The highest BCUT2D eigenvalue weighted by Crippen LogP contribution is 2.50. The molecule has 11 heteroatoms. The van der Waals surface area contributed by atoms with Gasteiger partial charge in [0.2, 0.25) is 5.91 Å². The van der Waals surface area contributed by atoms with Crippen LogP contribution in [0.5, 0.6) is 5.75 Å². The molecule has 10 nitrogen and oxygen atoms in total. The summed E-state index contributed by atoms with van der Waals surface area (Å²) in [6.45, 7) is 7.69. The summed E-state index contributed by atoms with van der Waals surface area (Å²) >= 11 is 0. The smallest absolute Gasteiger partial charge is 0.324 e. The van der Waals surface area contributed by atoms with E-state index >= 15 is 0 Å². The molecular formula is C31H40FN7O3. The molecule has 7 rings (SSSR count). The molecule has 2 saturated carbocycles. The molecule has 3 atom stereocenters. The Balaban J connectivity index is 0.848. The Morgan fingerprint density at radius 2 is 2.00 bits per heavy atom. The molecule has 1 unspecified atom stereocenters. The Morgan fingerprint density at radius 3 is 2.74 bits per heavy atom. The number of anilines is 1. The zero-order chi connectivity index (χ0) is 28.8. The molecule has 0 N–H and O–H groups in total. The Bertz CT molecular complexity index is 1410. The van der Waals surface area contributed by atoms with E-state index in [1.807, 2.05) is 0 Å². The molecule has 3 fully saturated rings. The quantitative estimate of drug-likeness (QED) is 0.339. The zero-order valence-corrected chi connectivity index (χ0v) is 24.5. The third-order valence-electron chi connectivity index (χ3n) is 9.73. The van der Waals surface area contributed by atoms with Crippen LogP contribution >= 0.6 is 0 Å². The maximum Gasteiger partial charge on any atom is 0.324 e. The predicted molar refractivity (Wildman–Crippen MR) is 152 cm³/mol. The van der Waals surface area contributed by atoms with Crippen LogP contribution < -0.4 is 9.64 Å². The number of hydrogen-bond acceptors (Lipinski definition) is 8. The number of rotatable bonds is 10. The molecule has 4 aliphatic rings. The lowest BCUT2D eigenvalue weighted by atomic mass is 9.90. The van der Waals surface area contributed by atoms with Crippen molar-refractivity contribution in [3.63, 3.8) is 0 Å². The molecular weight excluding hydrogens is 537 g/mol. The fourth-order valence-corrected chi connectivity index (χ4v) is 6.91. The summed E-state index contributed by atoms with van der Waals surface area (Å²) in [5, 5.41) is 12.3. The lowest BCUT2D eigenvalue weighted by Crippen LogP contribution is -2.42. The van der Waals surface area contributed by atoms with Crippen LogP contribution in [-0.2, 0) is 17.8 Å². The summed E-state index contributed by atoms with van der Waals surface area (Å²) in [5.74, 6) is 4.62. The van der Waals surface area contributed by atoms with Gasteiger partial charge in [0.05, 0.1) is 25.6 Å². The van der Waals surface area contributed by atoms with Crippen molar-refractivity contribution in [3.8, 4) is 5.75 Å². The Kier molecular flexibility index (Phi) is 7.35. The first-order chi connectivity index (χ1) is 20.4. The standard InChI is InChI=1S/C31H40FN7O3/c1-19(2)30-34-31(42-36-30)37-10-7-20(8-11-37)25-13-22(25)9-12-41-24-6-5-23(26(32)15-24)14-29(40)38-16-27(21-3-4-21)39-18-33-35-28(39)17-38/h5-6,15,18-22,25,27H,3-4,7-14,16-17H2,1-2H3/t22-,25-,27?/m1/s1. The minimum Gasteiger partial charge on any atom is -0.493 e. The topological polar surface area (TPSA) is 102 Å². The van der Waals surface area contributed by atoms with Crippen molar-refractivity contribution < 1.29 is 18.4 Å². The predicted octanol–water partition coefficient (Wildman–Crippen LogP) is 4.78. The normalized spacial score (nSPS) is 24.2. The largest absolute Gasteiger partial charge is 0.493 e. The van der Waals surface area contributed by atoms with Crippen LogP contribution in [0.1, 0.15) is 81.5 Å². The number of aromatic nitrogens is 5. The number of nitrogens with zero attached hydrogens (tertiary/aromatic N) is 7. The van der Waals surface area contributed by atoms with Gasteiger partial charge in [-0.2, -0.15) is 4.98 Å². The van der Waals surface area contributed by atoms with Gasteiger partial charge in [-0.25, -0.2) is 4.39 Å². The molecule has 2 aromatic heterocycles. The first kappa shape index (κ1) is 27.3. The van der Waals surface area contributed by atoms with Crippen molar-refractivity contribution in [2.24, 2.45) is 23.7 Å². The number of benzene rings is 1. The van der Waals surface area contributed by atoms with E-state index in [2.05, 4.69) is 43.7 Å². The fraction of sp³-hybridized carbons (Fsp3) is 0.645. The second-order valence-corrected chi connectivity index (χ2v) is 13.0. The first-order valence-electron chi connectivity index (χ1n) is 15.6. The van der Waals surface area contributed by atoms with Gasteiger partial charge < -0.3 is 23.6 Å². The van der Waals surface area contributed by atoms with E-state index in [-0.39, 0.29) is 24.3 Å². The molecule has 4 heterocycles. The number of piperidine rings is 1. The van der Waals surface area contributed by atoms with E-state index in [1.165, 1.54) is 25.3 Å². The number of ether oxygens (including phenoxy) is 1. The van der Waals surface area contributed by atoms with Crippen molar-refractivity contribution in [3.05, 3.63) is 47.6 Å². The van der Waals surface area contributed by atoms with Crippen molar-refractivity contribution in [2.75, 3.05) is 31.1 Å². The molecule has 0 bridgehead atoms. The van der Waals surface area contributed by atoms with Gasteiger partial charge in [-0.1, -0.05) is 25.1 Å². The van der Waals surface area contributed by atoms with Gasteiger partial charge in [0.1, 0.15) is 17.9 Å². The lowest BCUT2D eigenvalue weighted by molar-refractivity contribution is -0.132. The average molecular weight is 578 g/mol. The van der Waals surface area contributed by atoms with Gasteiger partial charge in [-0.05, 0) is 73.8 Å². The third-order valence-corrected chi connectivity index (χ3v) is 9.73. The molecule has 1 aromatic carbocycles. The summed E-state index contributed by atoms with van der Waals surface area (Å²) in [6, 6.07) is 5.77. The maximum atomic E-state index is 15.0. The number of hydrogen-bond donors (Lipinski definition) is 0. The van der Waals surface area contributed by atoms with E-state index in [4.69, 9.17) is 9.26 Å². The summed E-state index contributed by atoms with van der Waals surface area (Å²) < 4.78 is 28.5. The molecule has 42 heavy (non-hydrogen) atoms. The minimum atomic E-state index is -0.391. The van der Waals surface area contributed by atoms with Gasteiger partial charge in [0, 0.05) is 31.6 Å². The van der Waals surface area contributed by atoms with E-state index < -0.39 is 5.82 Å². The van der Waals surface area contributed by atoms with E-state index in [0.717, 1.165) is 55.8 Å². The van der Waals surface area contributed by atoms with E-state index in [0.29, 0.717) is 48.9 Å². The molecule has 3 aromatic rings. The van der Waals surface area contributed by atoms with Gasteiger partial charge in [0.15, 0.2) is 11.6 Å². The molecule has 224 valence electrons. The van der Waals surface area contributed by atoms with Crippen LogP contribution in [0.2, 0.25) is 0 Å². The summed E-state index contributed by atoms with van der Waals surface area (Å²) in [4.78, 5) is 21.7. The number of amides is 1. The van der Waals surface area contributed by atoms with Gasteiger partial charge in [0.25, 0.3) is 0 Å². The van der Waals surface area contributed by atoms with Gasteiger partial charge in [-0.15, -0.1) is 10.2 Å². The average Bonchev–Trinajstić information content (AvgIpc) is 3.87. The van der Waals surface area contributed by atoms with E-state index in [9.17, 15) is 9.18 Å². The maximum absolute atomic E-state index is 15.0.